The maximum Gasteiger partial charge on any atom is 0.259 e. The van der Waals surface area contributed by atoms with Crippen LogP contribution in [-0.2, 0) is 0 Å². The molecule has 2 aromatic heterocycles. The average Bonchev–Trinajstić information content (AvgIpc) is 2.81. The fraction of sp³-hybridized carbons (Fsp3) is 0.0909. The molecule has 3 aromatic rings. The van der Waals surface area contributed by atoms with Gasteiger partial charge in [-0.25, -0.2) is 0 Å². The van der Waals surface area contributed by atoms with Crippen LogP contribution in [0.2, 0.25) is 0 Å². The molecule has 0 saturated heterocycles. The highest BCUT2D eigenvalue weighted by Gasteiger charge is 2.15. The van der Waals surface area contributed by atoms with Crippen molar-refractivity contribution in [3.63, 3.8) is 0 Å². The standard InChI is InChI=1S/C11H8N2OS2/c1-5-8-7(10(15-5)11(12)14)3-2-6-4-13-16-9(6)8/h2-4H,1H3,(H2,12,14). The molecule has 0 atom stereocenters. The molecule has 3 nitrogen and oxygen atoms in total. The van der Waals surface area contributed by atoms with Gasteiger partial charge in [0.25, 0.3) is 5.91 Å². The maximum atomic E-state index is 11.3. The molecular weight excluding hydrogens is 240 g/mol. The normalized spacial score (nSPS) is 11.3. The summed E-state index contributed by atoms with van der Waals surface area (Å²) in [6.45, 7) is 2.01. The van der Waals surface area contributed by atoms with Gasteiger partial charge in [-0.2, -0.15) is 4.37 Å². The van der Waals surface area contributed by atoms with Crippen LogP contribution in [0, 0.1) is 6.92 Å². The molecule has 5 heteroatoms. The number of carbonyl (C=O) groups is 1. The second-order valence-electron chi connectivity index (χ2n) is 3.58. The first-order chi connectivity index (χ1) is 7.68. The molecule has 0 aliphatic rings. The van der Waals surface area contributed by atoms with Crippen LogP contribution in [0.4, 0.5) is 0 Å². The Morgan fingerprint density at radius 2 is 2.25 bits per heavy atom. The zero-order valence-electron chi connectivity index (χ0n) is 8.48. The molecule has 0 radical (unpaired) electrons. The highest BCUT2D eigenvalue weighted by atomic mass is 32.1. The topological polar surface area (TPSA) is 56.0 Å². The lowest BCUT2D eigenvalue weighted by Gasteiger charge is -1.94. The van der Waals surface area contributed by atoms with Crippen LogP contribution in [0.3, 0.4) is 0 Å². The average molecular weight is 248 g/mol. The number of aryl methyl sites for hydroxylation is 1. The first kappa shape index (κ1) is 9.74. The summed E-state index contributed by atoms with van der Waals surface area (Å²) in [5.41, 5.74) is 5.37. The third-order valence-electron chi connectivity index (χ3n) is 2.60. The minimum atomic E-state index is -0.355. The van der Waals surface area contributed by atoms with Crippen molar-refractivity contribution >= 4 is 49.6 Å². The summed E-state index contributed by atoms with van der Waals surface area (Å²) in [5, 5.41) is 3.19. The van der Waals surface area contributed by atoms with Gasteiger partial charge >= 0.3 is 0 Å². The number of nitrogens with two attached hydrogens (primary N) is 1. The van der Waals surface area contributed by atoms with Crippen LogP contribution in [0.5, 0.6) is 0 Å². The molecule has 1 aromatic carbocycles. The van der Waals surface area contributed by atoms with Crippen LogP contribution >= 0.6 is 22.9 Å². The molecule has 3 rings (SSSR count). The Morgan fingerprint density at radius 3 is 3.00 bits per heavy atom. The summed E-state index contributed by atoms with van der Waals surface area (Å²) in [6, 6.07) is 3.94. The van der Waals surface area contributed by atoms with Gasteiger partial charge in [0.1, 0.15) is 0 Å². The molecule has 0 unspecified atom stereocenters. The van der Waals surface area contributed by atoms with E-state index in [4.69, 9.17) is 5.73 Å². The second kappa shape index (κ2) is 3.26. The highest BCUT2D eigenvalue weighted by Crippen LogP contribution is 2.37. The van der Waals surface area contributed by atoms with Crippen molar-refractivity contribution in [3.05, 3.63) is 28.1 Å². The highest BCUT2D eigenvalue weighted by molar-refractivity contribution is 7.18. The molecule has 0 spiro atoms. The van der Waals surface area contributed by atoms with Crippen molar-refractivity contribution in [3.8, 4) is 0 Å². The number of rotatable bonds is 1. The van der Waals surface area contributed by atoms with Gasteiger partial charge < -0.3 is 5.73 Å². The first-order valence-electron chi connectivity index (χ1n) is 4.75. The van der Waals surface area contributed by atoms with Gasteiger partial charge in [0.05, 0.1) is 9.58 Å². The van der Waals surface area contributed by atoms with Gasteiger partial charge in [0.15, 0.2) is 0 Å². The van der Waals surface area contributed by atoms with E-state index in [-0.39, 0.29) is 5.91 Å². The number of amides is 1. The third kappa shape index (κ3) is 1.19. The number of carbonyl (C=O) groups excluding carboxylic acids is 1. The quantitative estimate of drug-likeness (QED) is 0.720. The van der Waals surface area contributed by atoms with E-state index in [1.807, 2.05) is 25.3 Å². The van der Waals surface area contributed by atoms with Crippen LogP contribution < -0.4 is 5.73 Å². The second-order valence-corrected chi connectivity index (χ2v) is 5.61. The Balaban J connectivity index is 2.56. The first-order valence-corrected chi connectivity index (χ1v) is 6.34. The minimum absolute atomic E-state index is 0.355. The van der Waals surface area contributed by atoms with Crippen molar-refractivity contribution in [1.82, 2.24) is 4.37 Å². The summed E-state index contributed by atoms with van der Waals surface area (Å²) >= 11 is 2.92. The lowest BCUT2D eigenvalue weighted by Crippen LogP contribution is -2.08. The Labute approximate surface area is 99.7 Å². The zero-order chi connectivity index (χ0) is 11.3. The van der Waals surface area contributed by atoms with E-state index in [0.717, 1.165) is 25.7 Å². The number of nitrogens with zero attached hydrogens (tertiary/aromatic N) is 1. The lowest BCUT2D eigenvalue weighted by atomic mass is 10.1. The smallest absolute Gasteiger partial charge is 0.259 e. The molecule has 80 valence electrons. The van der Waals surface area contributed by atoms with E-state index in [1.165, 1.54) is 22.9 Å². The maximum absolute atomic E-state index is 11.3. The molecule has 16 heavy (non-hydrogen) atoms. The van der Waals surface area contributed by atoms with Crippen molar-refractivity contribution in [2.45, 2.75) is 6.92 Å². The largest absolute Gasteiger partial charge is 0.365 e. The predicted octanol–water partition coefficient (Wildman–Crippen LogP) is 2.92. The van der Waals surface area contributed by atoms with Crippen molar-refractivity contribution in [2.75, 3.05) is 0 Å². The van der Waals surface area contributed by atoms with E-state index in [2.05, 4.69) is 4.37 Å². The molecule has 2 N–H and O–H groups in total. The van der Waals surface area contributed by atoms with E-state index in [0.29, 0.717) is 4.88 Å². The summed E-state index contributed by atoms with van der Waals surface area (Å²) in [7, 11) is 0. The number of fused-ring (bicyclic) bond motifs is 3. The minimum Gasteiger partial charge on any atom is -0.365 e. The van der Waals surface area contributed by atoms with E-state index in [1.54, 1.807) is 0 Å². The summed E-state index contributed by atoms with van der Waals surface area (Å²) in [4.78, 5) is 13.1. The molecule has 0 fully saturated rings. The predicted molar refractivity (Wildman–Crippen MR) is 68.3 cm³/mol. The number of thiophene rings is 1. The van der Waals surface area contributed by atoms with Gasteiger partial charge in [0.2, 0.25) is 0 Å². The molecule has 0 saturated carbocycles. The van der Waals surface area contributed by atoms with E-state index >= 15 is 0 Å². The number of hydrogen-bond acceptors (Lipinski definition) is 4. The number of primary amides is 1. The number of aromatic nitrogens is 1. The molecular formula is C11H8N2OS2. The monoisotopic (exact) mass is 248 g/mol. The molecule has 1 amide bonds. The fourth-order valence-corrected chi connectivity index (χ4v) is 3.83. The Kier molecular flexibility index (Phi) is 1.99. The Morgan fingerprint density at radius 1 is 1.44 bits per heavy atom. The lowest BCUT2D eigenvalue weighted by molar-refractivity contribution is 0.101. The van der Waals surface area contributed by atoms with Gasteiger partial charge in [-0.1, -0.05) is 12.1 Å². The third-order valence-corrected chi connectivity index (χ3v) is 4.57. The van der Waals surface area contributed by atoms with Crippen LogP contribution in [-0.4, -0.2) is 10.3 Å². The Bertz CT molecular complexity index is 711. The summed E-state index contributed by atoms with van der Waals surface area (Å²) < 4.78 is 5.31. The van der Waals surface area contributed by atoms with Crippen molar-refractivity contribution < 1.29 is 4.79 Å². The van der Waals surface area contributed by atoms with Crippen LogP contribution in [0.15, 0.2) is 18.3 Å². The van der Waals surface area contributed by atoms with Crippen molar-refractivity contribution in [1.29, 1.82) is 0 Å². The van der Waals surface area contributed by atoms with Gasteiger partial charge in [-0.3, -0.25) is 4.79 Å². The molecule has 0 aliphatic carbocycles. The summed E-state index contributed by atoms with van der Waals surface area (Å²) in [6.07, 6.45) is 1.85. The van der Waals surface area contributed by atoms with Gasteiger partial charge in [-0.05, 0) is 18.5 Å². The van der Waals surface area contributed by atoms with Gasteiger partial charge in [0, 0.05) is 27.2 Å². The van der Waals surface area contributed by atoms with E-state index in [9.17, 15) is 4.79 Å². The van der Waals surface area contributed by atoms with Gasteiger partial charge in [-0.15, -0.1) is 11.3 Å². The van der Waals surface area contributed by atoms with Crippen LogP contribution in [0.1, 0.15) is 14.5 Å². The molecule has 2 heterocycles. The zero-order valence-corrected chi connectivity index (χ0v) is 10.1. The summed E-state index contributed by atoms with van der Waals surface area (Å²) in [5.74, 6) is -0.355. The molecule has 0 aliphatic heterocycles. The number of benzene rings is 1. The Hall–Kier alpha value is -1.46. The van der Waals surface area contributed by atoms with Crippen molar-refractivity contribution in [2.24, 2.45) is 5.73 Å². The molecule has 0 bridgehead atoms. The van der Waals surface area contributed by atoms with Crippen LogP contribution in [0.25, 0.3) is 20.9 Å². The fourth-order valence-electron chi connectivity index (χ4n) is 1.92. The van der Waals surface area contributed by atoms with E-state index < -0.39 is 0 Å². The SMILES string of the molecule is Cc1sc(C(N)=O)c2ccc3cnsc3c12. The number of hydrogen-bond donors (Lipinski definition) is 1.